The number of aromatic nitrogens is 1. The van der Waals surface area contributed by atoms with Gasteiger partial charge in [0.15, 0.2) is 0 Å². The molecular weight excluding hydrogens is 297 g/mol. The van der Waals surface area contributed by atoms with Crippen molar-refractivity contribution in [2.75, 3.05) is 6.61 Å². The number of hydrogen-bond donors (Lipinski definition) is 0. The highest BCUT2D eigenvalue weighted by Crippen LogP contribution is 2.29. The zero-order valence-electron chi connectivity index (χ0n) is 11.5. The van der Waals surface area contributed by atoms with Crippen LogP contribution in [0.5, 0.6) is 0 Å². The van der Waals surface area contributed by atoms with Crippen LogP contribution in [0.2, 0.25) is 10.0 Å². The van der Waals surface area contributed by atoms with Crippen molar-refractivity contribution in [2.24, 2.45) is 0 Å². The first-order valence-corrected chi connectivity index (χ1v) is 7.02. The number of hydrogen-bond acceptors (Lipinski definition) is 2. The van der Waals surface area contributed by atoms with Gasteiger partial charge in [0.25, 0.3) is 0 Å². The number of benzene rings is 1. The lowest BCUT2D eigenvalue weighted by Crippen LogP contribution is -2.07. The lowest BCUT2D eigenvalue weighted by Gasteiger charge is -2.12. The molecule has 0 N–H and O–H groups in total. The van der Waals surface area contributed by atoms with Crippen LogP contribution in [0.1, 0.15) is 28.7 Å². The lowest BCUT2D eigenvalue weighted by molar-refractivity contribution is 0.0525. The number of esters is 1. The van der Waals surface area contributed by atoms with Crippen LogP contribution in [0.15, 0.2) is 24.3 Å². The number of nitrogens with zero attached hydrogens (tertiary/aromatic N) is 1. The second-order valence-corrected chi connectivity index (χ2v) is 5.28. The number of carbonyl (C=O) groups excluding carboxylic acids is 1. The average Bonchev–Trinajstić information content (AvgIpc) is 2.66. The first kappa shape index (κ1) is 14.9. The highest BCUT2D eigenvalue weighted by atomic mass is 35.5. The molecule has 0 radical (unpaired) electrons. The van der Waals surface area contributed by atoms with Gasteiger partial charge in [-0.25, -0.2) is 4.79 Å². The summed E-state index contributed by atoms with van der Waals surface area (Å²) in [6.45, 7) is 5.92. The molecule has 20 heavy (non-hydrogen) atoms. The van der Waals surface area contributed by atoms with Crippen molar-refractivity contribution in [2.45, 2.75) is 20.8 Å². The number of rotatable bonds is 3. The van der Waals surface area contributed by atoms with Gasteiger partial charge in [0, 0.05) is 16.4 Å². The van der Waals surface area contributed by atoms with Crippen LogP contribution in [0.3, 0.4) is 0 Å². The molecule has 2 rings (SSSR count). The van der Waals surface area contributed by atoms with Crippen LogP contribution < -0.4 is 0 Å². The maximum Gasteiger partial charge on any atom is 0.339 e. The number of carbonyl (C=O) groups is 1. The number of aryl methyl sites for hydroxylation is 1. The summed E-state index contributed by atoms with van der Waals surface area (Å²) < 4.78 is 6.98. The Hall–Kier alpha value is -1.45. The normalized spacial score (nSPS) is 10.7. The zero-order valence-corrected chi connectivity index (χ0v) is 13.0. The molecule has 0 fully saturated rings. The molecule has 0 saturated heterocycles. The number of halogens is 2. The van der Waals surface area contributed by atoms with E-state index in [-0.39, 0.29) is 5.97 Å². The van der Waals surface area contributed by atoms with Gasteiger partial charge in [0.1, 0.15) is 0 Å². The van der Waals surface area contributed by atoms with Crippen LogP contribution in [-0.2, 0) is 4.74 Å². The molecule has 0 aliphatic carbocycles. The summed E-state index contributed by atoms with van der Waals surface area (Å²) in [5, 5.41) is 1.11. The second-order valence-electron chi connectivity index (χ2n) is 4.44. The second kappa shape index (κ2) is 5.90. The van der Waals surface area contributed by atoms with Crippen molar-refractivity contribution in [3.05, 3.63) is 51.3 Å². The molecule has 2 aromatic rings. The third kappa shape index (κ3) is 2.69. The summed E-state index contributed by atoms with van der Waals surface area (Å²) in [5.74, 6) is -0.322. The van der Waals surface area contributed by atoms with Crippen LogP contribution >= 0.6 is 23.2 Å². The Balaban J connectivity index is 2.55. The minimum absolute atomic E-state index is 0.322. The maximum atomic E-state index is 11.9. The van der Waals surface area contributed by atoms with E-state index in [9.17, 15) is 4.79 Å². The van der Waals surface area contributed by atoms with E-state index in [0.717, 1.165) is 17.1 Å². The average molecular weight is 312 g/mol. The largest absolute Gasteiger partial charge is 0.462 e. The van der Waals surface area contributed by atoms with Gasteiger partial charge in [-0.05, 0) is 45.0 Å². The quantitative estimate of drug-likeness (QED) is 0.777. The van der Waals surface area contributed by atoms with Crippen LogP contribution in [0, 0.1) is 13.8 Å². The molecule has 1 aromatic carbocycles. The summed E-state index contributed by atoms with van der Waals surface area (Å²) in [7, 11) is 0. The fourth-order valence-electron chi connectivity index (χ4n) is 2.21. The van der Waals surface area contributed by atoms with Gasteiger partial charge in [-0.2, -0.15) is 0 Å². The van der Waals surface area contributed by atoms with Crippen molar-refractivity contribution in [1.29, 1.82) is 0 Å². The molecule has 1 heterocycles. The summed E-state index contributed by atoms with van der Waals surface area (Å²) in [4.78, 5) is 11.9. The minimum atomic E-state index is -0.322. The molecule has 0 aliphatic rings. The van der Waals surface area contributed by atoms with Crippen LogP contribution in [-0.4, -0.2) is 17.1 Å². The first-order chi connectivity index (χ1) is 9.45. The molecule has 0 amide bonds. The van der Waals surface area contributed by atoms with Gasteiger partial charge in [-0.15, -0.1) is 0 Å². The summed E-state index contributed by atoms with van der Waals surface area (Å²) in [6.07, 6.45) is 0. The van der Waals surface area contributed by atoms with Crippen molar-refractivity contribution in [3.8, 4) is 5.69 Å². The van der Waals surface area contributed by atoms with Gasteiger partial charge in [-0.3, -0.25) is 0 Å². The van der Waals surface area contributed by atoms with E-state index in [0.29, 0.717) is 22.2 Å². The smallest absolute Gasteiger partial charge is 0.339 e. The monoisotopic (exact) mass is 311 g/mol. The predicted molar refractivity (Wildman–Crippen MR) is 81.2 cm³/mol. The Bertz CT molecular complexity index is 662. The predicted octanol–water partition coefficient (Wildman–Crippen LogP) is 4.58. The Morgan fingerprint density at radius 2 is 1.95 bits per heavy atom. The van der Waals surface area contributed by atoms with E-state index in [1.807, 2.05) is 24.5 Å². The minimum Gasteiger partial charge on any atom is -0.462 e. The molecule has 106 valence electrons. The Kier molecular flexibility index (Phi) is 4.41. The molecule has 0 aliphatic heterocycles. The van der Waals surface area contributed by atoms with E-state index < -0.39 is 0 Å². The van der Waals surface area contributed by atoms with Crippen molar-refractivity contribution in [1.82, 2.24) is 4.57 Å². The standard InChI is InChI=1S/C15H15Cl2NO2/c1-4-20-15(19)12-7-9(2)18(10(12)3)14-6-5-11(16)8-13(14)17/h5-8H,4H2,1-3H3. The maximum absolute atomic E-state index is 11.9. The molecule has 0 unspecified atom stereocenters. The Morgan fingerprint density at radius 1 is 1.25 bits per heavy atom. The third-order valence-electron chi connectivity index (χ3n) is 3.08. The van der Waals surface area contributed by atoms with Gasteiger partial charge >= 0.3 is 5.97 Å². The Labute approximate surface area is 128 Å². The van der Waals surface area contributed by atoms with E-state index in [1.54, 1.807) is 25.1 Å². The summed E-state index contributed by atoms with van der Waals surface area (Å²) in [6, 6.07) is 7.09. The van der Waals surface area contributed by atoms with Crippen LogP contribution in [0.25, 0.3) is 5.69 Å². The molecule has 5 heteroatoms. The molecule has 0 atom stereocenters. The fraction of sp³-hybridized carbons (Fsp3) is 0.267. The molecule has 3 nitrogen and oxygen atoms in total. The van der Waals surface area contributed by atoms with Gasteiger partial charge < -0.3 is 9.30 Å². The molecule has 0 saturated carbocycles. The summed E-state index contributed by atoms with van der Waals surface area (Å²) >= 11 is 12.1. The molecule has 0 spiro atoms. The molecular formula is C15H15Cl2NO2. The zero-order chi connectivity index (χ0) is 14.9. The first-order valence-electron chi connectivity index (χ1n) is 6.27. The van der Waals surface area contributed by atoms with Gasteiger partial charge in [0.05, 0.1) is 22.9 Å². The van der Waals surface area contributed by atoms with Gasteiger partial charge in [0.2, 0.25) is 0 Å². The fourth-order valence-corrected chi connectivity index (χ4v) is 2.70. The van der Waals surface area contributed by atoms with Crippen molar-refractivity contribution in [3.63, 3.8) is 0 Å². The van der Waals surface area contributed by atoms with E-state index in [2.05, 4.69) is 0 Å². The SMILES string of the molecule is CCOC(=O)c1cc(C)n(-c2ccc(Cl)cc2Cl)c1C. The van der Waals surface area contributed by atoms with Crippen molar-refractivity contribution >= 4 is 29.2 Å². The third-order valence-corrected chi connectivity index (χ3v) is 3.61. The van der Waals surface area contributed by atoms with E-state index >= 15 is 0 Å². The van der Waals surface area contributed by atoms with Crippen LogP contribution in [0.4, 0.5) is 0 Å². The summed E-state index contributed by atoms with van der Waals surface area (Å²) in [5.41, 5.74) is 3.05. The van der Waals surface area contributed by atoms with E-state index in [4.69, 9.17) is 27.9 Å². The van der Waals surface area contributed by atoms with E-state index in [1.165, 1.54) is 0 Å². The van der Waals surface area contributed by atoms with Gasteiger partial charge in [-0.1, -0.05) is 23.2 Å². The topological polar surface area (TPSA) is 31.2 Å². The highest BCUT2D eigenvalue weighted by Gasteiger charge is 2.18. The highest BCUT2D eigenvalue weighted by molar-refractivity contribution is 6.35. The molecule has 1 aromatic heterocycles. The van der Waals surface area contributed by atoms with Crippen molar-refractivity contribution < 1.29 is 9.53 Å². The number of ether oxygens (including phenoxy) is 1. The Morgan fingerprint density at radius 3 is 2.55 bits per heavy atom. The molecule has 0 bridgehead atoms. The lowest BCUT2D eigenvalue weighted by atomic mass is 10.2.